The standard InChI is InChI=1S/C18H20ClN3O3/c1-21(2)17(14-8-4-5-9-15(14)19)12-20-18(23)11-13-7-3-6-10-16(13)22(24)25/h3-10,17H,11-12H2,1-2H3,(H,20,23). The molecule has 0 saturated carbocycles. The largest absolute Gasteiger partial charge is 0.354 e. The van der Waals surface area contributed by atoms with E-state index >= 15 is 0 Å². The number of halogens is 1. The Bertz CT molecular complexity index is 765. The predicted molar refractivity (Wildman–Crippen MR) is 97.7 cm³/mol. The molecule has 0 heterocycles. The van der Waals surface area contributed by atoms with E-state index in [1.807, 2.05) is 43.3 Å². The summed E-state index contributed by atoms with van der Waals surface area (Å²) in [5.41, 5.74) is 1.26. The zero-order valence-electron chi connectivity index (χ0n) is 14.1. The molecule has 2 rings (SSSR count). The Kier molecular flexibility index (Phi) is 6.50. The topological polar surface area (TPSA) is 75.5 Å². The van der Waals surface area contributed by atoms with Gasteiger partial charge in [0, 0.05) is 23.2 Å². The van der Waals surface area contributed by atoms with Gasteiger partial charge in [-0.3, -0.25) is 14.9 Å². The molecule has 1 amide bonds. The Morgan fingerprint density at radius 2 is 1.84 bits per heavy atom. The van der Waals surface area contributed by atoms with Gasteiger partial charge in [-0.15, -0.1) is 0 Å². The number of carbonyl (C=O) groups excluding carboxylic acids is 1. The van der Waals surface area contributed by atoms with Gasteiger partial charge in [0.05, 0.1) is 17.4 Å². The first-order valence-electron chi connectivity index (χ1n) is 7.80. The van der Waals surface area contributed by atoms with Crippen molar-refractivity contribution < 1.29 is 9.72 Å². The van der Waals surface area contributed by atoms with E-state index in [1.54, 1.807) is 18.2 Å². The van der Waals surface area contributed by atoms with E-state index in [2.05, 4.69) is 5.32 Å². The SMILES string of the molecule is CN(C)C(CNC(=O)Cc1ccccc1[N+](=O)[O-])c1ccccc1Cl. The van der Waals surface area contributed by atoms with Crippen molar-refractivity contribution >= 4 is 23.2 Å². The summed E-state index contributed by atoms with van der Waals surface area (Å²) in [7, 11) is 3.81. The third-order valence-electron chi connectivity index (χ3n) is 3.92. The highest BCUT2D eigenvalue weighted by atomic mass is 35.5. The van der Waals surface area contributed by atoms with E-state index in [9.17, 15) is 14.9 Å². The minimum atomic E-state index is -0.477. The van der Waals surface area contributed by atoms with Crippen LogP contribution in [0.3, 0.4) is 0 Å². The second kappa shape index (κ2) is 8.60. The van der Waals surface area contributed by atoms with Crippen LogP contribution in [-0.4, -0.2) is 36.4 Å². The molecule has 0 aliphatic carbocycles. The first-order valence-corrected chi connectivity index (χ1v) is 8.17. The predicted octanol–water partition coefficient (Wildman–Crippen LogP) is 3.21. The first kappa shape index (κ1) is 18.9. The number of rotatable bonds is 7. The molecule has 2 aromatic carbocycles. The average molecular weight is 362 g/mol. The highest BCUT2D eigenvalue weighted by molar-refractivity contribution is 6.31. The summed E-state index contributed by atoms with van der Waals surface area (Å²) in [5, 5.41) is 14.5. The summed E-state index contributed by atoms with van der Waals surface area (Å²) < 4.78 is 0. The number of nitrogens with one attached hydrogen (secondary N) is 1. The molecule has 0 radical (unpaired) electrons. The maximum atomic E-state index is 12.2. The van der Waals surface area contributed by atoms with Crippen molar-refractivity contribution in [2.24, 2.45) is 0 Å². The maximum Gasteiger partial charge on any atom is 0.273 e. The molecular formula is C18H20ClN3O3. The number of benzene rings is 2. The summed E-state index contributed by atoms with van der Waals surface area (Å²) in [4.78, 5) is 24.8. The molecule has 0 aliphatic rings. The number of carbonyl (C=O) groups is 1. The fourth-order valence-electron chi connectivity index (χ4n) is 2.60. The highest BCUT2D eigenvalue weighted by Gasteiger charge is 2.19. The molecule has 0 aromatic heterocycles. The molecule has 25 heavy (non-hydrogen) atoms. The lowest BCUT2D eigenvalue weighted by Crippen LogP contribution is -2.35. The average Bonchev–Trinajstić information content (AvgIpc) is 2.56. The van der Waals surface area contributed by atoms with Crippen molar-refractivity contribution in [1.29, 1.82) is 0 Å². The molecule has 6 nitrogen and oxygen atoms in total. The zero-order chi connectivity index (χ0) is 18.4. The van der Waals surface area contributed by atoms with Gasteiger partial charge >= 0.3 is 0 Å². The van der Waals surface area contributed by atoms with Gasteiger partial charge in [-0.2, -0.15) is 0 Å². The molecule has 1 N–H and O–H groups in total. The van der Waals surface area contributed by atoms with Crippen LogP contribution >= 0.6 is 11.6 Å². The van der Waals surface area contributed by atoms with E-state index in [0.29, 0.717) is 17.1 Å². The monoisotopic (exact) mass is 361 g/mol. The third kappa shape index (κ3) is 5.01. The van der Waals surface area contributed by atoms with Crippen molar-refractivity contribution in [2.75, 3.05) is 20.6 Å². The number of nitro groups is 1. The van der Waals surface area contributed by atoms with Gasteiger partial charge in [-0.1, -0.05) is 48.0 Å². The Hall–Kier alpha value is -2.44. The van der Waals surface area contributed by atoms with Gasteiger partial charge in [0.25, 0.3) is 5.69 Å². The van der Waals surface area contributed by atoms with Gasteiger partial charge in [-0.05, 0) is 25.7 Å². The Balaban J connectivity index is 2.05. The minimum absolute atomic E-state index is 0.0418. The van der Waals surface area contributed by atoms with Crippen molar-refractivity contribution in [1.82, 2.24) is 10.2 Å². The van der Waals surface area contributed by atoms with Gasteiger partial charge in [0.1, 0.15) is 0 Å². The van der Waals surface area contributed by atoms with Gasteiger partial charge in [0.2, 0.25) is 5.91 Å². The summed E-state index contributed by atoms with van der Waals surface area (Å²) in [6.45, 7) is 0.357. The van der Waals surface area contributed by atoms with Crippen molar-refractivity contribution in [3.05, 3.63) is 74.8 Å². The normalized spacial score (nSPS) is 12.0. The van der Waals surface area contributed by atoms with Crippen LogP contribution in [0.15, 0.2) is 48.5 Å². The summed E-state index contributed by atoms with van der Waals surface area (Å²) in [5.74, 6) is -0.270. The van der Waals surface area contributed by atoms with Crippen LogP contribution in [0, 0.1) is 10.1 Å². The molecule has 1 atom stereocenters. The van der Waals surface area contributed by atoms with Gasteiger partial charge < -0.3 is 10.2 Å². The van der Waals surface area contributed by atoms with E-state index in [4.69, 9.17) is 11.6 Å². The lowest BCUT2D eigenvalue weighted by atomic mass is 10.1. The van der Waals surface area contributed by atoms with Crippen LogP contribution in [0.4, 0.5) is 5.69 Å². The van der Waals surface area contributed by atoms with E-state index in [1.165, 1.54) is 6.07 Å². The molecule has 0 saturated heterocycles. The minimum Gasteiger partial charge on any atom is -0.354 e. The van der Waals surface area contributed by atoms with Crippen molar-refractivity contribution in [3.63, 3.8) is 0 Å². The summed E-state index contributed by atoms with van der Waals surface area (Å²) in [6.07, 6.45) is -0.0418. The smallest absolute Gasteiger partial charge is 0.273 e. The van der Waals surface area contributed by atoms with E-state index in [-0.39, 0.29) is 24.1 Å². The number of hydrogen-bond donors (Lipinski definition) is 1. The van der Waals surface area contributed by atoms with Gasteiger partial charge in [-0.25, -0.2) is 0 Å². The molecule has 0 aliphatic heterocycles. The molecule has 1 unspecified atom stereocenters. The van der Waals surface area contributed by atoms with Crippen molar-refractivity contribution in [3.8, 4) is 0 Å². The maximum absolute atomic E-state index is 12.2. The number of hydrogen-bond acceptors (Lipinski definition) is 4. The van der Waals surface area contributed by atoms with Crippen LogP contribution in [-0.2, 0) is 11.2 Å². The molecule has 0 bridgehead atoms. The Morgan fingerprint density at radius 1 is 1.20 bits per heavy atom. The van der Waals surface area contributed by atoms with E-state index < -0.39 is 4.92 Å². The molecule has 2 aromatic rings. The fourth-order valence-corrected chi connectivity index (χ4v) is 2.86. The molecule has 0 spiro atoms. The van der Waals surface area contributed by atoms with Crippen molar-refractivity contribution in [2.45, 2.75) is 12.5 Å². The Morgan fingerprint density at radius 3 is 2.48 bits per heavy atom. The molecule has 7 heteroatoms. The van der Waals surface area contributed by atoms with E-state index in [0.717, 1.165) is 5.56 Å². The number of nitrogens with zero attached hydrogens (tertiary/aromatic N) is 2. The zero-order valence-corrected chi connectivity index (χ0v) is 14.9. The number of amides is 1. The molecular weight excluding hydrogens is 342 g/mol. The lowest BCUT2D eigenvalue weighted by molar-refractivity contribution is -0.385. The molecule has 0 fully saturated rings. The quantitative estimate of drug-likeness (QED) is 0.607. The summed E-state index contributed by atoms with van der Waals surface area (Å²) >= 11 is 6.25. The second-order valence-corrected chi connectivity index (χ2v) is 6.27. The molecule has 132 valence electrons. The third-order valence-corrected chi connectivity index (χ3v) is 4.26. The van der Waals surface area contributed by atoms with Crippen LogP contribution < -0.4 is 5.32 Å². The second-order valence-electron chi connectivity index (χ2n) is 5.87. The summed E-state index contributed by atoms with van der Waals surface area (Å²) in [6, 6.07) is 13.6. The van der Waals surface area contributed by atoms with Crippen LogP contribution in [0.25, 0.3) is 0 Å². The van der Waals surface area contributed by atoms with Crippen LogP contribution in [0.2, 0.25) is 5.02 Å². The lowest BCUT2D eigenvalue weighted by Gasteiger charge is -2.26. The van der Waals surface area contributed by atoms with Gasteiger partial charge in [0.15, 0.2) is 0 Å². The fraction of sp³-hybridized carbons (Fsp3) is 0.278. The Labute approximate surface area is 151 Å². The number of nitro benzene ring substituents is 1. The first-order chi connectivity index (χ1) is 11.9. The highest BCUT2D eigenvalue weighted by Crippen LogP contribution is 2.25. The van der Waals surface area contributed by atoms with Crippen LogP contribution in [0.1, 0.15) is 17.2 Å². The van der Waals surface area contributed by atoms with Crippen LogP contribution in [0.5, 0.6) is 0 Å². The number of likely N-dealkylation sites (N-methyl/N-ethyl adjacent to an activating group) is 1. The number of para-hydroxylation sites is 1.